The highest BCUT2D eigenvalue weighted by molar-refractivity contribution is 5.78. The maximum atomic E-state index is 11.3. The van der Waals surface area contributed by atoms with Gasteiger partial charge in [-0.2, -0.15) is 0 Å². The number of benzene rings is 1. The molecule has 0 heterocycles. The summed E-state index contributed by atoms with van der Waals surface area (Å²) in [6.45, 7) is 1.65. The van der Waals surface area contributed by atoms with E-state index >= 15 is 0 Å². The van der Waals surface area contributed by atoms with Crippen LogP contribution in [0.1, 0.15) is 6.92 Å². The van der Waals surface area contributed by atoms with Gasteiger partial charge in [-0.3, -0.25) is 4.79 Å². The van der Waals surface area contributed by atoms with E-state index in [1.807, 2.05) is 0 Å². The molecular weight excluding hydrogens is 204 g/mol. The van der Waals surface area contributed by atoms with Crippen molar-refractivity contribution in [2.75, 3.05) is 12.3 Å². The number of terminal acetylenes is 1. The second-order valence-electron chi connectivity index (χ2n) is 3.32. The van der Waals surface area contributed by atoms with Crippen molar-refractivity contribution in [3.8, 4) is 18.1 Å². The molecule has 84 valence electrons. The predicted octanol–water partition coefficient (Wildman–Crippen LogP) is 0.785. The lowest BCUT2D eigenvalue weighted by atomic mass is 10.3. The van der Waals surface area contributed by atoms with Crippen molar-refractivity contribution in [1.29, 1.82) is 0 Å². The molecule has 1 rings (SSSR count). The Morgan fingerprint density at radius 1 is 1.69 bits per heavy atom. The molecule has 16 heavy (non-hydrogen) atoms. The molecule has 0 aliphatic rings. The summed E-state index contributed by atoms with van der Waals surface area (Å²) in [5.74, 6) is 2.70. The molecule has 0 aliphatic carbocycles. The SMILES string of the molecule is C#CC(C)NC(=O)COc1cccc(N)c1. The monoisotopic (exact) mass is 218 g/mol. The number of nitrogens with one attached hydrogen (secondary N) is 1. The van der Waals surface area contributed by atoms with Gasteiger partial charge >= 0.3 is 0 Å². The van der Waals surface area contributed by atoms with E-state index in [4.69, 9.17) is 16.9 Å². The average Bonchev–Trinajstić information content (AvgIpc) is 2.26. The Hall–Kier alpha value is -2.15. The standard InChI is InChI=1S/C12H14N2O2/c1-3-9(2)14-12(15)8-16-11-6-4-5-10(13)7-11/h1,4-7,9H,8,13H2,2H3,(H,14,15). The highest BCUT2D eigenvalue weighted by atomic mass is 16.5. The van der Waals surface area contributed by atoms with Crippen LogP contribution in [0.25, 0.3) is 0 Å². The normalized spacial score (nSPS) is 11.2. The fourth-order valence-electron chi connectivity index (χ4n) is 1.08. The molecule has 0 spiro atoms. The van der Waals surface area contributed by atoms with E-state index in [1.165, 1.54) is 0 Å². The van der Waals surface area contributed by atoms with Crippen molar-refractivity contribution < 1.29 is 9.53 Å². The molecule has 1 aromatic rings. The first kappa shape index (κ1) is 11.9. The van der Waals surface area contributed by atoms with Gasteiger partial charge in [-0.1, -0.05) is 12.0 Å². The third kappa shape index (κ3) is 3.93. The smallest absolute Gasteiger partial charge is 0.258 e. The number of hydrogen-bond acceptors (Lipinski definition) is 3. The van der Waals surface area contributed by atoms with Crippen molar-refractivity contribution in [3.05, 3.63) is 24.3 Å². The van der Waals surface area contributed by atoms with Crippen molar-refractivity contribution in [2.24, 2.45) is 0 Å². The molecule has 1 atom stereocenters. The first-order valence-electron chi connectivity index (χ1n) is 4.85. The minimum absolute atomic E-state index is 0.0739. The highest BCUT2D eigenvalue weighted by Crippen LogP contribution is 2.13. The van der Waals surface area contributed by atoms with Crippen molar-refractivity contribution in [2.45, 2.75) is 13.0 Å². The molecule has 0 bridgehead atoms. The van der Waals surface area contributed by atoms with Crippen molar-refractivity contribution in [3.63, 3.8) is 0 Å². The lowest BCUT2D eigenvalue weighted by molar-refractivity contribution is -0.123. The number of carbonyl (C=O) groups excluding carboxylic acids is 1. The summed E-state index contributed by atoms with van der Waals surface area (Å²) < 4.78 is 5.23. The minimum atomic E-state index is -0.294. The summed E-state index contributed by atoms with van der Waals surface area (Å²) >= 11 is 0. The summed E-state index contributed by atoms with van der Waals surface area (Å²) in [5, 5.41) is 2.58. The van der Waals surface area contributed by atoms with E-state index in [9.17, 15) is 4.79 Å². The number of nitrogen functional groups attached to an aromatic ring is 1. The summed E-state index contributed by atoms with van der Waals surface area (Å²) in [7, 11) is 0. The number of carbonyl (C=O) groups is 1. The Morgan fingerprint density at radius 3 is 3.06 bits per heavy atom. The van der Waals surface area contributed by atoms with Crippen LogP contribution in [-0.2, 0) is 4.79 Å². The molecule has 0 fully saturated rings. The molecule has 0 saturated carbocycles. The van der Waals surface area contributed by atoms with Gasteiger partial charge in [0.1, 0.15) is 5.75 Å². The van der Waals surface area contributed by atoms with Gasteiger partial charge in [-0.15, -0.1) is 6.42 Å². The van der Waals surface area contributed by atoms with E-state index in [0.717, 1.165) is 0 Å². The van der Waals surface area contributed by atoms with Gasteiger partial charge in [0, 0.05) is 11.8 Å². The van der Waals surface area contributed by atoms with Crippen LogP contribution in [0.4, 0.5) is 5.69 Å². The van der Waals surface area contributed by atoms with Gasteiger partial charge in [0.25, 0.3) is 5.91 Å². The van der Waals surface area contributed by atoms with Gasteiger partial charge in [0.2, 0.25) is 0 Å². The summed E-state index contributed by atoms with van der Waals surface area (Å²) in [4.78, 5) is 11.3. The maximum absolute atomic E-state index is 11.3. The minimum Gasteiger partial charge on any atom is -0.484 e. The maximum Gasteiger partial charge on any atom is 0.258 e. The summed E-state index contributed by atoms with van der Waals surface area (Å²) in [6, 6.07) is 6.59. The lowest BCUT2D eigenvalue weighted by Gasteiger charge is -2.09. The topological polar surface area (TPSA) is 64.3 Å². The van der Waals surface area contributed by atoms with Gasteiger partial charge in [0.05, 0.1) is 6.04 Å². The molecule has 1 amide bonds. The largest absolute Gasteiger partial charge is 0.484 e. The van der Waals surface area contributed by atoms with Gasteiger partial charge in [-0.25, -0.2) is 0 Å². The van der Waals surface area contributed by atoms with E-state index in [0.29, 0.717) is 11.4 Å². The zero-order chi connectivity index (χ0) is 12.0. The van der Waals surface area contributed by atoms with Crippen LogP contribution < -0.4 is 15.8 Å². The Kier molecular flexibility index (Phi) is 4.22. The molecule has 4 nitrogen and oxygen atoms in total. The number of nitrogens with two attached hydrogens (primary N) is 1. The third-order valence-electron chi connectivity index (χ3n) is 1.86. The van der Waals surface area contributed by atoms with Crippen LogP contribution in [-0.4, -0.2) is 18.6 Å². The first-order chi connectivity index (χ1) is 7.61. The zero-order valence-corrected chi connectivity index (χ0v) is 9.07. The molecule has 4 heteroatoms. The molecule has 0 aromatic heterocycles. The first-order valence-corrected chi connectivity index (χ1v) is 4.85. The molecule has 1 aromatic carbocycles. The van der Waals surface area contributed by atoms with Crippen LogP contribution in [0.3, 0.4) is 0 Å². The molecule has 0 radical (unpaired) electrons. The third-order valence-corrected chi connectivity index (χ3v) is 1.86. The van der Waals surface area contributed by atoms with E-state index in [-0.39, 0.29) is 18.6 Å². The fourth-order valence-corrected chi connectivity index (χ4v) is 1.08. The van der Waals surface area contributed by atoms with Crippen LogP contribution in [0.2, 0.25) is 0 Å². The fraction of sp³-hybridized carbons (Fsp3) is 0.250. The molecule has 3 N–H and O–H groups in total. The van der Waals surface area contributed by atoms with E-state index in [2.05, 4.69) is 11.2 Å². The summed E-state index contributed by atoms with van der Waals surface area (Å²) in [6.07, 6.45) is 5.13. The molecule has 0 aliphatic heterocycles. The van der Waals surface area contributed by atoms with Crippen LogP contribution >= 0.6 is 0 Å². The van der Waals surface area contributed by atoms with Gasteiger partial charge in [-0.05, 0) is 19.1 Å². The Bertz CT molecular complexity index is 410. The molecule has 1 unspecified atom stereocenters. The van der Waals surface area contributed by atoms with Crippen molar-refractivity contribution >= 4 is 11.6 Å². The number of rotatable bonds is 4. The summed E-state index contributed by atoms with van der Waals surface area (Å²) in [5.41, 5.74) is 6.15. The quantitative estimate of drug-likeness (QED) is 0.580. The number of ether oxygens (including phenoxy) is 1. The Morgan fingerprint density at radius 2 is 2.44 bits per heavy atom. The van der Waals surface area contributed by atoms with Crippen molar-refractivity contribution in [1.82, 2.24) is 5.32 Å². The van der Waals surface area contributed by atoms with Gasteiger partial charge in [0.15, 0.2) is 6.61 Å². The van der Waals surface area contributed by atoms with Crippen LogP contribution in [0, 0.1) is 12.3 Å². The average molecular weight is 218 g/mol. The van der Waals surface area contributed by atoms with E-state index < -0.39 is 0 Å². The molecular formula is C12H14N2O2. The lowest BCUT2D eigenvalue weighted by Crippen LogP contribution is -2.35. The number of amides is 1. The number of hydrogen-bond donors (Lipinski definition) is 2. The van der Waals surface area contributed by atoms with Crippen LogP contribution in [0.5, 0.6) is 5.75 Å². The molecule has 0 saturated heterocycles. The van der Waals surface area contributed by atoms with Gasteiger partial charge < -0.3 is 15.8 Å². The Balaban J connectivity index is 2.41. The predicted molar refractivity (Wildman–Crippen MR) is 62.8 cm³/mol. The van der Waals surface area contributed by atoms with Crippen LogP contribution in [0.15, 0.2) is 24.3 Å². The highest BCUT2D eigenvalue weighted by Gasteiger charge is 2.05. The second-order valence-corrected chi connectivity index (χ2v) is 3.32. The zero-order valence-electron chi connectivity index (χ0n) is 9.07. The van der Waals surface area contributed by atoms with E-state index in [1.54, 1.807) is 31.2 Å². The second kappa shape index (κ2) is 5.66. The number of anilines is 1. The Labute approximate surface area is 94.8 Å².